The number of benzene rings is 1. The largest absolute Gasteiger partial charge is 0.309 e. The molecule has 0 aliphatic carbocycles. The van der Waals surface area contributed by atoms with E-state index in [-0.39, 0.29) is 0 Å². The summed E-state index contributed by atoms with van der Waals surface area (Å²) >= 11 is 5.74. The van der Waals surface area contributed by atoms with Gasteiger partial charge in [0.25, 0.3) is 0 Å². The fourth-order valence-electron chi connectivity index (χ4n) is 1.60. The topological polar surface area (TPSA) is 24.9 Å². The summed E-state index contributed by atoms with van der Waals surface area (Å²) in [6.45, 7) is 1.73. The van der Waals surface area contributed by atoms with Crippen molar-refractivity contribution >= 4 is 11.6 Å². The lowest BCUT2D eigenvalue weighted by atomic mass is 10.1. The molecule has 0 amide bonds. The van der Waals surface area contributed by atoms with Crippen LogP contribution in [0.5, 0.6) is 0 Å². The number of halogens is 1. The van der Waals surface area contributed by atoms with Crippen LogP contribution in [-0.2, 0) is 19.0 Å². The molecule has 17 heavy (non-hydrogen) atoms. The molecular weight excluding hydrogens is 232 g/mol. The van der Waals surface area contributed by atoms with E-state index in [1.807, 2.05) is 24.5 Å². The zero-order chi connectivity index (χ0) is 11.9. The normalized spacial score (nSPS) is 10.4. The quantitative estimate of drug-likeness (QED) is 0.820. The number of pyridine rings is 1. The van der Waals surface area contributed by atoms with E-state index in [1.165, 1.54) is 11.1 Å². The van der Waals surface area contributed by atoms with Gasteiger partial charge in [-0.3, -0.25) is 4.98 Å². The summed E-state index contributed by atoms with van der Waals surface area (Å²) in [5, 5.41) is 3.39. The minimum atomic E-state index is 0.574. The van der Waals surface area contributed by atoms with Gasteiger partial charge in [-0.15, -0.1) is 11.6 Å². The van der Waals surface area contributed by atoms with Crippen LogP contribution in [0.4, 0.5) is 0 Å². The van der Waals surface area contributed by atoms with Crippen LogP contribution in [0.1, 0.15) is 16.7 Å². The highest BCUT2D eigenvalue weighted by Gasteiger charge is 1.95. The predicted octanol–water partition coefficient (Wildman–Crippen LogP) is 3.11. The Morgan fingerprint density at radius 1 is 0.824 bits per heavy atom. The third-order valence-corrected chi connectivity index (χ3v) is 2.89. The van der Waals surface area contributed by atoms with Gasteiger partial charge in [-0.05, 0) is 28.8 Å². The van der Waals surface area contributed by atoms with E-state index in [4.69, 9.17) is 11.6 Å². The molecule has 2 rings (SSSR count). The molecule has 0 bridgehead atoms. The number of alkyl halides is 1. The second kappa shape index (κ2) is 6.38. The zero-order valence-electron chi connectivity index (χ0n) is 9.57. The van der Waals surface area contributed by atoms with Crippen molar-refractivity contribution in [2.45, 2.75) is 19.0 Å². The van der Waals surface area contributed by atoms with E-state index in [0.717, 1.165) is 18.7 Å². The molecule has 3 heteroatoms. The molecule has 1 N–H and O–H groups in total. The summed E-state index contributed by atoms with van der Waals surface area (Å²) in [5.74, 6) is 0.574. The number of hydrogen-bond acceptors (Lipinski definition) is 2. The van der Waals surface area contributed by atoms with Crippen LogP contribution in [-0.4, -0.2) is 4.98 Å². The lowest BCUT2D eigenvalue weighted by Crippen LogP contribution is -2.12. The SMILES string of the molecule is ClCc1ccc(CNCc2ccncc2)cc1. The molecular formula is C14H15ClN2. The molecule has 1 aromatic carbocycles. The molecule has 0 radical (unpaired) electrons. The van der Waals surface area contributed by atoms with Gasteiger partial charge in [-0.2, -0.15) is 0 Å². The Balaban J connectivity index is 1.82. The zero-order valence-corrected chi connectivity index (χ0v) is 10.3. The number of nitrogens with one attached hydrogen (secondary N) is 1. The van der Waals surface area contributed by atoms with Crippen LogP contribution >= 0.6 is 11.6 Å². The van der Waals surface area contributed by atoms with Gasteiger partial charge in [0.05, 0.1) is 0 Å². The van der Waals surface area contributed by atoms with Crippen molar-refractivity contribution in [3.05, 3.63) is 65.5 Å². The Morgan fingerprint density at radius 3 is 1.94 bits per heavy atom. The lowest BCUT2D eigenvalue weighted by molar-refractivity contribution is 0.692. The second-order valence-corrected chi connectivity index (χ2v) is 4.18. The molecule has 1 heterocycles. The van der Waals surface area contributed by atoms with Crippen molar-refractivity contribution < 1.29 is 0 Å². The van der Waals surface area contributed by atoms with Crippen LogP contribution in [0.15, 0.2) is 48.8 Å². The van der Waals surface area contributed by atoms with Crippen molar-refractivity contribution in [3.63, 3.8) is 0 Å². The molecule has 0 aliphatic rings. The minimum absolute atomic E-state index is 0.574. The van der Waals surface area contributed by atoms with Gasteiger partial charge in [0.15, 0.2) is 0 Å². The van der Waals surface area contributed by atoms with Gasteiger partial charge >= 0.3 is 0 Å². The molecule has 2 nitrogen and oxygen atoms in total. The third kappa shape index (κ3) is 3.84. The highest BCUT2D eigenvalue weighted by Crippen LogP contribution is 2.07. The molecule has 0 aliphatic heterocycles. The summed E-state index contributed by atoms with van der Waals surface area (Å²) in [7, 11) is 0. The van der Waals surface area contributed by atoms with Crippen molar-refractivity contribution in [2.24, 2.45) is 0 Å². The van der Waals surface area contributed by atoms with Crippen LogP contribution in [0.25, 0.3) is 0 Å². The van der Waals surface area contributed by atoms with Crippen molar-refractivity contribution in [1.82, 2.24) is 10.3 Å². The number of nitrogens with zero attached hydrogens (tertiary/aromatic N) is 1. The molecule has 0 saturated carbocycles. The standard InChI is InChI=1S/C14H15ClN2/c15-9-12-1-3-13(4-2-12)10-17-11-14-5-7-16-8-6-14/h1-8,17H,9-11H2. The van der Waals surface area contributed by atoms with Crippen molar-refractivity contribution in [1.29, 1.82) is 0 Å². The Kier molecular flexibility index (Phi) is 4.54. The minimum Gasteiger partial charge on any atom is -0.309 e. The van der Waals surface area contributed by atoms with Gasteiger partial charge in [-0.1, -0.05) is 24.3 Å². The average Bonchev–Trinajstić information content (AvgIpc) is 2.41. The Bertz CT molecular complexity index is 440. The van der Waals surface area contributed by atoms with Crippen LogP contribution < -0.4 is 5.32 Å². The fraction of sp³-hybridized carbons (Fsp3) is 0.214. The highest BCUT2D eigenvalue weighted by atomic mass is 35.5. The van der Waals surface area contributed by atoms with Gasteiger partial charge in [0.1, 0.15) is 0 Å². The van der Waals surface area contributed by atoms with E-state index in [0.29, 0.717) is 5.88 Å². The smallest absolute Gasteiger partial charge is 0.0474 e. The molecule has 0 saturated heterocycles. The van der Waals surface area contributed by atoms with E-state index < -0.39 is 0 Å². The number of hydrogen-bond donors (Lipinski definition) is 1. The van der Waals surface area contributed by atoms with Gasteiger partial charge < -0.3 is 5.32 Å². The first kappa shape index (κ1) is 12.1. The van der Waals surface area contributed by atoms with E-state index in [1.54, 1.807) is 0 Å². The van der Waals surface area contributed by atoms with Gasteiger partial charge in [-0.25, -0.2) is 0 Å². The van der Waals surface area contributed by atoms with Crippen molar-refractivity contribution in [2.75, 3.05) is 0 Å². The second-order valence-electron chi connectivity index (χ2n) is 3.91. The Hall–Kier alpha value is -1.38. The average molecular weight is 247 g/mol. The van der Waals surface area contributed by atoms with E-state index in [9.17, 15) is 0 Å². The van der Waals surface area contributed by atoms with Crippen molar-refractivity contribution in [3.8, 4) is 0 Å². The third-order valence-electron chi connectivity index (χ3n) is 2.58. The Morgan fingerprint density at radius 2 is 1.35 bits per heavy atom. The number of aromatic nitrogens is 1. The molecule has 0 fully saturated rings. The van der Waals surface area contributed by atoms with Gasteiger partial charge in [0, 0.05) is 31.4 Å². The fourth-order valence-corrected chi connectivity index (χ4v) is 1.78. The molecule has 0 unspecified atom stereocenters. The first-order chi connectivity index (χ1) is 8.38. The molecule has 88 valence electrons. The van der Waals surface area contributed by atoms with Crippen LogP contribution in [0.2, 0.25) is 0 Å². The first-order valence-electron chi connectivity index (χ1n) is 5.62. The summed E-state index contributed by atoms with van der Waals surface area (Å²) in [5.41, 5.74) is 3.68. The van der Waals surface area contributed by atoms with E-state index >= 15 is 0 Å². The van der Waals surface area contributed by atoms with E-state index in [2.05, 4.69) is 34.6 Å². The summed E-state index contributed by atoms with van der Waals surface area (Å²) in [4.78, 5) is 3.99. The van der Waals surface area contributed by atoms with Gasteiger partial charge in [0.2, 0.25) is 0 Å². The lowest BCUT2D eigenvalue weighted by Gasteiger charge is -2.05. The monoisotopic (exact) mass is 246 g/mol. The molecule has 2 aromatic rings. The first-order valence-corrected chi connectivity index (χ1v) is 6.15. The maximum Gasteiger partial charge on any atom is 0.0474 e. The summed E-state index contributed by atoms with van der Waals surface area (Å²) < 4.78 is 0. The maximum absolute atomic E-state index is 5.74. The number of rotatable bonds is 5. The Labute approximate surface area is 107 Å². The maximum atomic E-state index is 5.74. The van der Waals surface area contributed by atoms with Crippen LogP contribution in [0, 0.1) is 0 Å². The summed E-state index contributed by atoms with van der Waals surface area (Å²) in [6.07, 6.45) is 3.62. The predicted molar refractivity (Wildman–Crippen MR) is 70.8 cm³/mol. The molecule has 1 aromatic heterocycles. The molecule has 0 atom stereocenters. The van der Waals surface area contributed by atoms with Crippen LogP contribution in [0.3, 0.4) is 0 Å². The highest BCUT2D eigenvalue weighted by molar-refractivity contribution is 6.17. The summed E-state index contributed by atoms with van der Waals surface area (Å²) in [6, 6.07) is 12.4. The molecule has 0 spiro atoms.